The molecule has 1 aromatic rings. The van der Waals surface area contributed by atoms with Gasteiger partial charge < -0.3 is 10.1 Å². The number of aryl methyl sites for hydroxylation is 1. The van der Waals surface area contributed by atoms with Crippen LogP contribution in [0.1, 0.15) is 23.7 Å². The van der Waals surface area contributed by atoms with Crippen molar-refractivity contribution in [2.24, 2.45) is 0 Å². The van der Waals surface area contributed by atoms with E-state index in [9.17, 15) is 0 Å². The van der Waals surface area contributed by atoms with Crippen molar-refractivity contribution >= 4 is 11.3 Å². The van der Waals surface area contributed by atoms with Gasteiger partial charge in [0, 0.05) is 30.3 Å². The maximum absolute atomic E-state index is 5.33. The molecular formula is C11H20N2OS. The third kappa shape index (κ3) is 5.25. The maximum Gasteiger partial charge on any atom is 0.0896 e. The summed E-state index contributed by atoms with van der Waals surface area (Å²) in [7, 11) is 0. The zero-order valence-corrected chi connectivity index (χ0v) is 10.6. The van der Waals surface area contributed by atoms with Gasteiger partial charge >= 0.3 is 0 Å². The van der Waals surface area contributed by atoms with E-state index >= 15 is 0 Å². The van der Waals surface area contributed by atoms with E-state index < -0.39 is 0 Å². The number of rotatable bonds is 7. The molecule has 0 spiro atoms. The molecule has 0 bridgehead atoms. The van der Waals surface area contributed by atoms with Crippen LogP contribution in [0.15, 0.2) is 6.20 Å². The second-order valence-corrected chi connectivity index (χ2v) is 4.93. The van der Waals surface area contributed by atoms with Gasteiger partial charge in [-0.1, -0.05) is 0 Å². The van der Waals surface area contributed by atoms with Gasteiger partial charge in [-0.05, 0) is 27.2 Å². The Kier molecular flexibility index (Phi) is 5.83. The predicted molar refractivity (Wildman–Crippen MR) is 64.5 cm³/mol. The molecule has 1 aromatic heterocycles. The van der Waals surface area contributed by atoms with Crippen LogP contribution in [0.3, 0.4) is 0 Å². The molecule has 0 saturated heterocycles. The number of nitrogens with zero attached hydrogens (tertiary/aromatic N) is 1. The summed E-state index contributed by atoms with van der Waals surface area (Å²) in [4.78, 5) is 5.58. The standard InChI is InChI=1S/C11H20N2OS/c1-4-14-8-9(2)12-6-5-11-7-13-10(3)15-11/h7,9,12H,4-6,8H2,1-3H3. The molecule has 0 saturated carbocycles. The normalized spacial score (nSPS) is 13.0. The lowest BCUT2D eigenvalue weighted by Gasteiger charge is -2.12. The van der Waals surface area contributed by atoms with E-state index in [0.29, 0.717) is 6.04 Å². The zero-order valence-electron chi connectivity index (χ0n) is 9.75. The first-order valence-corrected chi connectivity index (χ1v) is 6.26. The summed E-state index contributed by atoms with van der Waals surface area (Å²) >= 11 is 1.77. The smallest absolute Gasteiger partial charge is 0.0896 e. The zero-order chi connectivity index (χ0) is 11.1. The summed E-state index contributed by atoms with van der Waals surface area (Å²) in [6, 6.07) is 0.430. The minimum atomic E-state index is 0.430. The van der Waals surface area contributed by atoms with E-state index in [1.54, 1.807) is 11.3 Å². The molecule has 0 amide bonds. The largest absolute Gasteiger partial charge is 0.380 e. The number of hydrogen-bond donors (Lipinski definition) is 1. The summed E-state index contributed by atoms with van der Waals surface area (Å²) < 4.78 is 5.33. The van der Waals surface area contributed by atoms with Gasteiger partial charge in [-0.3, -0.25) is 0 Å². The lowest BCUT2D eigenvalue weighted by molar-refractivity contribution is 0.127. The fourth-order valence-electron chi connectivity index (χ4n) is 1.32. The molecule has 0 aliphatic carbocycles. The van der Waals surface area contributed by atoms with E-state index in [2.05, 4.69) is 17.2 Å². The van der Waals surface area contributed by atoms with E-state index in [1.807, 2.05) is 20.0 Å². The molecule has 0 fully saturated rings. The third-order valence-electron chi connectivity index (χ3n) is 2.11. The first-order valence-electron chi connectivity index (χ1n) is 5.44. The number of aromatic nitrogens is 1. The number of ether oxygens (including phenoxy) is 1. The molecule has 15 heavy (non-hydrogen) atoms. The van der Waals surface area contributed by atoms with Crippen molar-refractivity contribution in [1.29, 1.82) is 0 Å². The topological polar surface area (TPSA) is 34.1 Å². The Morgan fingerprint density at radius 2 is 2.40 bits per heavy atom. The van der Waals surface area contributed by atoms with Crippen LogP contribution in [-0.2, 0) is 11.2 Å². The van der Waals surface area contributed by atoms with Crippen LogP contribution in [0, 0.1) is 6.92 Å². The van der Waals surface area contributed by atoms with Gasteiger partial charge in [0.1, 0.15) is 0 Å². The van der Waals surface area contributed by atoms with Crippen molar-refractivity contribution in [1.82, 2.24) is 10.3 Å². The minimum Gasteiger partial charge on any atom is -0.380 e. The number of hydrogen-bond acceptors (Lipinski definition) is 4. The Morgan fingerprint density at radius 3 is 3.00 bits per heavy atom. The van der Waals surface area contributed by atoms with Gasteiger partial charge in [0.15, 0.2) is 0 Å². The van der Waals surface area contributed by atoms with Crippen LogP contribution in [0.25, 0.3) is 0 Å². The Balaban J connectivity index is 2.10. The van der Waals surface area contributed by atoms with Crippen molar-refractivity contribution < 1.29 is 4.74 Å². The average molecular weight is 228 g/mol. The fraction of sp³-hybridized carbons (Fsp3) is 0.727. The first kappa shape index (κ1) is 12.6. The highest BCUT2D eigenvalue weighted by Crippen LogP contribution is 2.11. The molecule has 0 aromatic carbocycles. The highest BCUT2D eigenvalue weighted by atomic mass is 32.1. The lowest BCUT2D eigenvalue weighted by Crippen LogP contribution is -2.32. The molecule has 0 aliphatic rings. The van der Waals surface area contributed by atoms with Crippen molar-refractivity contribution in [2.45, 2.75) is 33.2 Å². The lowest BCUT2D eigenvalue weighted by atomic mass is 10.3. The first-order chi connectivity index (χ1) is 7.22. The molecule has 0 radical (unpaired) electrons. The van der Waals surface area contributed by atoms with Crippen LogP contribution < -0.4 is 5.32 Å². The minimum absolute atomic E-state index is 0.430. The van der Waals surface area contributed by atoms with E-state index in [1.165, 1.54) is 4.88 Å². The van der Waals surface area contributed by atoms with E-state index in [0.717, 1.165) is 31.2 Å². The van der Waals surface area contributed by atoms with E-state index in [4.69, 9.17) is 4.74 Å². The third-order valence-corrected chi connectivity index (χ3v) is 3.08. The highest BCUT2D eigenvalue weighted by molar-refractivity contribution is 7.11. The quantitative estimate of drug-likeness (QED) is 0.775. The number of nitrogens with one attached hydrogen (secondary N) is 1. The predicted octanol–water partition coefficient (Wildman–Crippen LogP) is 2.01. The van der Waals surface area contributed by atoms with Gasteiger partial charge in [-0.2, -0.15) is 0 Å². The van der Waals surface area contributed by atoms with Crippen molar-refractivity contribution in [3.05, 3.63) is 16.1 Å². The average Bonchev–Trinajstić information content (AvgIpc) is 2.61. The number of thiazole rings is 1. The second-order valence-electron chi connectivity index (χ2n) is 3.61. The molecule has 1 atom stereocenters. The van der Waals surface area contributed by atoms with Crippen LogP contribution in [0.4, 0.5) is 0 Å². The van der Waals surface area contributed by atoms with Crippen molar-refractivity contribution in [2.75, 3.05) is 19.8 Å². The Morgan fingerprint density at radius 1 is 1.60 bits per heavy atom. The molecule has 0 aliphatic heterocycles. The molecule has 1 heterocycles. The van der Waals surface area contributed by atoms with Gasteiger partial charge in [0.25, 0.3) is 0 Å². The van der Waals surface area contributed by atoms with Crippen LogP contribution in [-0.4, -0.2) is 30.8 Å². The van der Waals surface area contributed by atoms with Crippen LogP contribution >= 0.6 is 11.3 Å². The van der Waals surface area contributed by atoms with Crippen LogP contribution in [0.2, 0.25) is 0 Å². The summed E-state index contributed by atoms with van der Waals surface area (Å²) in [6.07, 6.45) is 3.02. The molecular weight excluding hydrogens is 208 g/mol. The molecule has 86 valence electrons. The Bertz CT molecular complexity index is 275. The van der Waals surface area contributed by atoms with Gasteiger partial charge in [-0.15, -0.1) is 11.3 Å². The molecule has 1 N–H and O–H groups in total. The summed E-state index contributed by atoms with van der Waals surface area (Å²) in [5, 5.41) is 4.57. The molecule has 3 nitrogen and oxygen atoms in total. The maximum atomic E-state index is 5.33. The molecule has 1 rings (SSSR count). The van der Waals surface area contributed by atoms with Gasteiger partial charge in [-0.25, -0.2) is 4.98 Å². The second kappa shape index (κ2) is 6.93. The SMILES string of the molecule is CCOCC(C)NCCc1cnc(C)s1. The van der Waals surface area contributed by atoms with Crippen LogP contribution in [0.5, 0.6) is 0 Å². The summed E-state index contributed by atoms with van der Waals surface area (Å²) in [6.45, 7) is 8.79. The Hall–Kier alpha value is -0.450. The van der Waals surface area contributed by atoms with Crippen molar-refractivity contribution in [3.63, 3.8) is 0 Å². The molecule has 4 heteroatoms. The molecule has 1 unspecified atom stereocenters. The van der Waals surface area contributed by atoms with Gasteiger partial charge in [0.05, 0.1) is 11.6 Å². The van der Waals surface area contributed by atoms with Crippen molar-refractivity contribution in [3.8, 4) is 0 Å². The van der Waals surface area contributed by atoms with Gasteiger partial charge in [0.2, 0.25) is 0 Å². The highest BCUT2D eigenvalue weighted by Gasteiger charge is 2.02. The Labute approximate surface area is 95.9 Å². The van der Waals surface area contributed by atoms with E-state index in [-0.39, 0.29) is 0 Å². The monoisotopic (exact) mass is 228 g/mol. The fourth-order valence-corrected chi connectivity index (χ4v) is 2.11. The summed E-state index contributed by atoms with van der Waals surface area (Å²) in [5.41, 5.74) is 0. The summed E-state index contributed by atoms with van der Waals surface area (Å²) in [5.74, 6) is 0.